The Hall–Kier alpha value is -1.20. The molecule has 0 radical (unpaired) electrons. The number of hydrogen-bond acceptors (Lipinski definition) is 5. The molecule has 1 aromatic rings. The van der Waals surface area contributed by atoms with Gasteiger partial charge in [-0.1, -0.05) is 30.3 Å². The third-order valence-electron chi connectivity index (χ3n) is 3.90. The van der Waals surface area contributed by atoms with Crippen molar-refractivity contribution in [3.63, 3.8) is 0 Å². The first kappa shape index (κ1) is 18.1. The molecule has 2 atom stereocenters. The van der Waals surface area contributed by atoms with Crippen LogP contribution >= 0.6 is 7.60 Å². The lowest BCUT2D eigenvalue weighted by molar-refractivity contribution is -0.131. The highest BCUT2D eigenvalue weighted by molar-refractivity contribution is 7.54. The van der Waals surface area contributed by atoms with E-state index in [-0.39, 0.29) is 32.1 Å². The van der Waals surface area contributed by atoms with Crippen LogP contribution in [-0.2, 0) is 18.4 Å². The van der Waals surface area contributed by atoms with E-state index in [1.54, 1.807) is 13.8 Å². The van der Waals surface area contributed by atoms with E-state index in [1.807, 2.05) is 30.3 Å². The predicted molar refractivity (Wildman–Crippen MR) is 87.0 cm³/mol. The predicted octanol–water partition coefficient (Wildman–Crippen LogP) is 2.93. The van der Waals surface area contributed by atoms with Gasteiger partial charge in [-0.25, -0.2) is 0 Å². The fourth-order valence-corrected chi connectivity index (χ4v) is 5.16. The van der Waals surface area contributed by atoms with Crippen molar-refractivity contribution in [3.05, 3.63) is 35.9 Å². The fourth-order valence-electron chi connectivity index (χ4n) is 2.98. The summed E-state index contributed by atoms with van der Waals surface area (Å²) in [5.74, 6) is -0.801. The number of rotatable bonds is 8. The van der Waals surface area contributed by atoms with Gasteiger partial charge in [0.25, 0.3) is 0 Å². The summed E-state index contributed by atoms with van der Waals surface area (Å²) in [6.07, 6.45) is 0.678. The Morgan fingerprint density at radius 2 is 1.87 bits per heavy atom. The molecule has 0 aliphatic carbocycles. The quantitative estimate of drug-likeness (QED) is 0.736. The van der Waals surface area contributed by atoms with Crippen LogP contribution in [0.15, 0.2) is 30.3 Å². The van der Waals surface area contributed by atoms with Gasteiger partial charge in [0.15, 0.2) is 0 Å². The van der Waals surface area contributed by atoms with E-state index in [2.05, 4.69) is 0 Å². The molecule has 1 saturated heterocycles. The summed E-state index contributed by atoms with van der Waals surface area (Å²) in [4.78, 5) is 13.9. The van der Waals surface area contributed by atoms with E-state index >= 15 is 0 Å². The Kier molecular flexibility index (Phi) is 6.36. The van der Waals surface area contributed by atoms with Crippen LogP contribution in [0.25, 0.3) is 0 Å². The summed E-state index contributed by atoms with van der Waals surface area (Å²) < 4.78 is 23.9. The highest BCUT2D eigenvalue weighted by Gasteiger charge is 2.48. The molecule has 0 saturated carbocycles. The second kappa shape index (κ2) is 8.06. The van der Waals surface area contributed by atoms with Crippen molar-refractivity contribution < 1.29 is 23.5 Å². The Morgan fingerprint density at radius 1 is 1.26 bits per heavy atom. The van der Waals surface area contributed by atoms with Gasteiger partial charge >= 0.3 is 7.60 Å². The average Bonchev–Trinajstić information content (AvgIpc) is 2.92. The molecular formula is C16H24NO5P. The molecule has 2 rings (SSSR count). The zero-order chi connectivity index (χ0) is 16.9. The number of benzene rings is 1. The highest BCUT2D eigenvalue weighted by Crippen LogP contribution is 2.58. The van der Waals surface area contributed by atoms with Gasteiger partial charge in [-0.3, -0.25) is 9.36 Å². The van der Waals surface area contributed by atoms with Crippen LogP contribution in [0.5, 0.6) is 0 Å². The van der Waals surface area contributed by atoms with Crippen molar-refractivity contribution in [2.24, 2.45) is 0 Å². The zero-order valence-corrected chi connectivity index (χ0v) is 14.4. The first-order valence-corrected chi connectivity index (χ1v) is 9.54. The lowest BCUT2D eigenvalue weighted by Crippen LogP contribution is -2.39. The normalized spacial score (nSPS) is 20.0. The average molecular weight is 341 g/mol. The number of hydrogen-bond donors (Lipinski definition) is 1. The van der Waals surface area contributed by atoms with Crippen molar-refractivity contribution >= 4 is 13.5 Å². The molecule has 1 fully saturated rings. The fraction of sp³-hybridized carbons (Fsp3) is 0.562. The van der Waals surface area contributed by atoms with E-state index in [1.165, 1.54) is 4.90 Å². The van der Waals surface area contributed by atoms with Crippen LogP contribution in [0.1, 0.15) is 38.3 Å². The largest absolute Gasteiger partial charge is 0.394 e. The van der Waals surface area contributed by atoms with E-state index in [4.69, 9.17) is 9.05 Å². The highest BCUT2D eigenvalue weighted by atomic mass is 31.2. The van der Waals surface area contributed by atoms with E-state index in [9.17, 15) is 14.5 Å². The van der Waals surface area contributed by atoms with Crippen LogP contribution in [0.4, 0.5) is 0 Å². The van der Waals surface area contributed by atoms with Gasteiger partial charge in [0.1, 0.15) is 5.78 Å². The van der Waals surface area contributed by atoms with Crippen LogP contribution in [0.3, 0.4) is 0 Å². The maximum Gasteiger partial charge on any atom is 0.352 e. The van der Waals surface area contributed by atoms with Gasteiger partial charge in [-0.15, -0.1) is 0 Å². The van der Waals surface area contributed by atoms with Crippen molar-refractivity contribution in [3.8, 4) is 0 Å². The number of aliphatic hydroxyl groups excluding tert-OH is 1. The lowest BCUT2D eigenvalue weighted by Gasteiger charge is -2.35. The molecule has 128 valence electrons. The van der Waals surface area contributed by atoms with Crippen LogP contribution in [0.2, 0.25) is 0 Å². The van der Waals surface area contributed by atoms with Crippen molar-refractivity contribution in [2.75, 3.05) is 19.8 Å². The second-order valence-corrected chi connectivity index (χ2v) is 7.50. The summed E-state index contributed by atoms with van der Waals surface area (Å²) in [7, 11) is -3.45. The summed E-state index contributed by atoms with van der Waals surface area (Å²) in [5.41, 5.74) is 0.801. The lowest BCUT2D eigenvalue weighted by atomic mass is 10.1. The molecule has 1 unspecified atom stereocenters. The summed E-state index contributed by atoms with van der Waals surface area (Å²) in [6, 6.07) is 8.69. The Morgan fingerprint density at radius 3 is 2.39 bits per heavy atom. The first-order chi connectivity index (χ1) is 11.1. The molecular weight excluding hydrogens is 317 g/mol. The topological polar surface area (TPSA) is 76.1 Å². The van der Waals surface area contributed by atoms with Crippen molar-refractivity contribution in [1.82, 2.24) is 4.90 Å². The molecule has 0 aromatic heterocycles. The Labute approximate surface area is 136 Å². The molecule has 1 aliphatic rings. The molecule has 1 heterocycles. The van der Waals surface area contributed by atoms with E-state index < -0.39 is 19.4 Å². The summed E-state index contributed by atoms with van der Waals surface area (Å²) in [6.45, 7) is 3.72. The molecule has 23 heavy (non-hydrogen) atoms. The van der Waals surface area contributed by atoms with Gasteiger partial charge < -0.3 is 19.1 Å². The summed E-state index contributed by atoms with van der Waals surface area (Å²) >= 11 is 0. The number of carbonyl (C=O) groups excluding carboxylic acids is 1. The Balaban J connectivity index is 2.36. The minimum atomic E-state index is -3.45. The SMILES string of the molecule is CCOP(=O)(OCC)C1CCC(=O)N1[C@H](CO)c1ccccc1. The zero-order valence-electron chi connectivity index (χ0n) is 13.6. The number of aliphatic hydroxyl groups is 1. The Bertz CT molecular complexity index is 555. The molecule has 0 bridgehead atoms. The van der Waals surface area contributed by atoms with Crippen molar-refractivity contribution in [2.45, 2.75) is 38.5 Å². The second-order valence-electron chi connectivity index (χ2n) is 5.30. The monoisotopic (exact) mass is 341 g/mol. The minimum Gasteiger partial charge on any atom is -0.394 e. The summed E-state index contributed by atoms with van der Waals surface area (Å²) in [5, 5.41) is 9.84. The van der Waals surface area contributed by atoms with E-state index in [0.717, 1.165) is 5.56 Å². The number of amides is 1. The van der Waals surface area contributed by atoms with Gasteiger partial charge in [0, 0.05) is 6.42 Å². The standard InChI is InChI=1S/C16H24NO5P/c1-3-21-23(20,22-4-2)16-11-10-15(19)17(16)14(12-18)13-8-6-5-7-9-13/h5-9,14,16,18H,3-4,10-12H2,1-2H3/t14-,16?/m1/s1. The van der Waals surface area contributed by atoms with Crippen molar-refractivity contribution in [1.29, 1.82) is 0 Å². The van der Waals surface area contributed by atoms with Crippen LogP contribution < -0.4 is 0 Å². The van der Waals surface area contributed by atoms with Crippen LogP contribution in [0, 0.1) is 0 Å². The maximum atomic E-state index is 13.1. The molecule has 1 aromatic carbocycles. The van der Waals surface area contributed by atoms with E-state index in [0.29, 0.717) is 6.42 Å². The number of likely N-dealkylation sites (tertiary alicyclic amines) is 1. The van der Waals surface area contributed by atoms with Gasteiger partial charge in [0.05, 0.1) is 25.9 Å². The molecule has 1 N–H and O–H groups in total. The molecule has 1 amide bonds. The molecule has 1 aliphatic heterocycles. The molecule has 6 nitrogen and oxygen atoms in total. The smallest absolute Gasteiger partial charge is 0.352 e. The molecule has 0 spiro atoms. The van der Waals surface area contributed by atoms with Gasteiger partial charge in [-0.05, 0) is 25.8 Å². The maximum absolute atomic E-state index is 13.1. The minimum absolute atomic E-state index is 0.141. The van der Waals surface area contributed by atoms with Crippen LogP contribution in [-0.4, -0.2) is 41.5 Å². The molecule has 7 heteroatoms. The van der Waals surface area contributed by atoms with Gasteiger partial charge in [-0.2, -0.15) is 0 Å². The first-order valence-electron chi connectivity index (χ1n) is 7.93. The third kappa shape index (κ3) is 3.83. The number of carbonyl (C=O) groups is 1. The third-order valence-corrected chi connectivity index (χ3v) is 6.37. The van der Waals surface area contributed by atoms with Gasteiger partial charge in [0.2, 0.25) is 5.91 Å². The number of nitrogens with zero attached hydrogens (tertiary/aromatic N) is 1.